The maximum atomic E-state index is 13.3. The van der Waals surface area contributed by atoms with E-state index >= 15 is 0 Å². The number of esters is 2. The van der Waals surface area contributed by atoms with Gasteiger partial charge in [-0.3, -0.25) is 9.59 Å². The van der Waals surface area contributed by atoms with Gasteiger partial charge in [0.15, 0.2) is 18.2 Å². The summed E-state index contributed by atoms with van der Waals surface area (Å²) >= 11 is 0. The zero-order chi connectivity index (χ0) is 35.4. The minimum Gasteiger partial charge on any atom is -0.462 e. The van der Waals surface area contributed by atoms with Crippen molar-refractivity contribution < 1.29 is 43.2 Å². The quantitative estimate of drug-likeness (QED) is 0.272. The Bertz CT molecular complexity index is 1260. The highest BCUT2D eigenvalue weighted by atomic mass is 16.7. The third kappa shape index (κ3) is 11.2. The molecular weight excluding hydrogens is 614 g/mol. The largest absolute Gasteiger partial charge is 0.462 e. The Kier molecular flexibility index (Phi) is 15.6. The van der Waals surface area contributed by atoms with Crippen molar-refractivity contribution in [1.82, 2.24) is 4.90 Å². The molecule has 2 aliphatic heterocycles. The third-order valence-corrected chi connectivity index (χ3v) is 9.53. The van der Waals surface area contributed by atoms with E-state index in [0.29, 0.717) is 31.2 Å². The topological polar surface area (TPSA) is 129 Å². The Morgan fingerprint density at radius 2 is 1.77 bits per heavy atom. The first-order chi connectivity index (χ1) is 22.9. The number of aliphatic hydroxyl groups is 1. The van der Waals surface area contributed by atoms with Gasteiger partial charge < -0.3 is 33.7 Å². The van der Waals surface area contributed by atoms with Gasteiger partial charge in [-0.2, -0.15) is 0 Å². The lowest BCUT2D eigenvalue weighted by Crippen LogP contribution is -2.57. The van der Waals surface area contributed by atoms with Crippen LogP contribution in [0.5, 0.6) is 0 Å². The van der Waals surface area contributed by atoms with Gasteiger partial charge in [0.25, 0.3) is 0 Å². The maximum Gasteiger partial charge on any atom is 0.338 e. The molecule has 1 aromatic rings. The standard InChI is InChI=1S/C38H55NO9/c1-8-33-30(23-41)20-24(2)14-16-32(42)26(4)21-29(18-19-40)35(25(3)15-17-34(43)46-33)48-38-36(31(39(6)7)22-27(5)45-38)47-37(44)28-12-10-9-11-13-28/h9-14,16,19-20,25-27,29-31,33,35-36,38,41H,8,15,17-18,21-23H2,1-7H3/b16-14+,24-20+/t25-,26+,27+,29-,30+,31-,33+,35+,36+,38-/m0/s1. The molecule has 3 rings (SSSR count). The third-order valence-electron chi connectivity index (χ3n) is 9.53. The number of hydrogen-bond acceptors (Lipinski definition) is 10. The van der Waals surface area contributed by atoms with E-state index in [1.165, 1.54) is 6.08 Å². The molecule has 1 N–H and O–H groups in total. The zero-order valence-electron chi connectivity index (χ0n) is 29.6. The lowest BCUT2D eigenvalue weighted by Gasteiger charge is -2.45. The number of allylic oxidation sites excluding steroid dienone is 3. The predicted octanol–water partition coefficient (Wildman–Crippen LogP) is 5.33. The molecule has 0 unspecified atom stereocenters. The van der Waals surface area contributed by atoms with Gasteiger partial charge in [0.1, 0.15) is 12.4 Å². The number of carbonyl (C=O) groups excluding carboxylic acids is 4. The normalized spacial score (nSPS) is 34.5. The number of hydrogen-bond donors (Lipinski definition) is 1. The van der Waals surface area contributed by atoms with E-state index in [-0.39, 0.29) is 49.3 Å². The number of ketones is 1. The van der Waals surface area contributed by atoms with Crippen LogP contribution in [0.2, 0.25) is 0 Å². The van der Waals surface area contributed by atoms with Crippen LogP contribution in [0.4, 0.5) is 0 Å². The van der Waals surface area contributed by atoms with Gasteiger partial charge in [-0.05, 0) is 83.7 Å². The summed E-state index contributed by atoms with van der Waals surface area (Å²) < 4.78 is 25.1. The van der Waals surface area contributed by atoms with Gasteiger partial charge in [-0.15, -0.1) is 0 Å². The Morgan fingerprint density at radius 1 is 1.06 bits per heavy atom. The summed E-state index contributed by atoms with van der Waals surface area (Å²) in [6.07, 6.45) is 4.82. The average Bonchev–Trinajstić information content (AvgIpc) is 3.06. The first kappa shape index (κ1) is 39.3. The van der Waals surface area contributed by atoms with Crippen molar-refractivity contribution in [2.24, 2.45) is 23.7 Å². The second-order valence-electron chi connectivity index (χ2n) is 13.7. The maximum absolute atomic E-state index is 13.3. The molecule has 48 heavy (non-hydrogen) atoms. The fourth-order valence-corrected chi connectivity index (χ4v) is 6.71. The number of aldehydes is 1. The van der Waals surface area contributed by atoms with Crippen LogP contribution in [-0.2, 0) is 33.3 Å². The Morgan fingerprint density at radius 3 is 2.40 bits per heavy atom. The number of likely N-dealkylation sites (N-methyl/N-ethyl adjacent to an activating group) is 1. The zero-order valence-corrected chi connectivity index (χ0v) is 29.6. The van der Waals surface area contributed by atoms with E-state index in [0.717, 1.165) is 11.9 Å². The fraction of sp³-hybridized carbons (Fsp3) is 0.632. The van der Waals surface area contributed by atoms with E-state index in [9.17, 15) is 24.3 Å². The van der Waals surface area contributed by atoms with E-state index in [4.69, 9.17) is 18.9 Å². The fourth-order valence-electron chi connectivity index (χ4n) is 6.71. The molecule has 0 aromatic heterocycles. The molecule has 0 aliphatic carbocycles. The number of nitrogens with zero attached hydrogens (tertiary/aromatic N) is 1. The summed E-state index contributed by atoms with van der Waals surface area (Å²) in [5.41, 5.74) is 1.17. The van der Waals surface area contributed by atoms with Gasteiger partial charge in [0.2, 0.25) is 0 Å². The van der Waals surface area contributed by atoms with Crippen LogP contribution in [0.25, 0.3) is 0 Å². The first-order valence-electron chi connectivity index (χ1n) is 17.3. The summed E-state index contributed by atoms with van der Waals surface area (Å²) in [5.74, 6) is -2.50. The highest BCUT2D eigenvalue weighted by Crippen LogP contribution is 2.35. The van der Waals surface area contributed by atoms with Crippen LogP contribution in [0.15, 0.2) is 54.1 Å². The number of rotatable bonds is 9. The van der Waals surface area contributed by atoms with Gasteiger partial charge in [-0.1, -0.05) is 56.7 Å². The number of benzene rings is 1. The molecule has 0 amide bonds. The first-order valence-corrected chi connectivity index (χ1v) is 17.3. The molecule has 266 valence electrons. The molecule has 1 saturated heterocycles. The number of cyclic esters (lactones) is 1. The average molecular weight is 670 g/mol. The van der Waals surface area contributed by atoms with Crippen molar-refractivity contribution in [3.63, 3.8) is 0 Å². The second kappa shape index (κ2) is 19.1. The summed E-state index contributed by atoms with van der Waals surface area (Å²) in [4.78, 5) is 53.8. The summed E-state index contributed by atoms with van der Waals surface area (Å²) in [5, 5.41) is 10.1. The number of carbonyl (C=O) groups is 4. The Balaban J connectivity index is 2.00. The van der Waals surface area contributed by atoms with Crippen LogP contribution in [-0.4, -0.2) is 91.5 Å². The van der Waals surface area contributed by atoms with Gasteiger partial charge in [0.05, 0.1) is 30.4 Å². The molecule has 0 radical (unpaired) electrons. The number of ether oxygens (including phenoxy) is 4. The van der Waals surface area contributed by atoms with E-state index in [1.807, 2.05) is 65.8 Å². The van der Waals surface area contributed by atoms with Gasteiger partial charge in [0, 0.05) is 24.7 Å². The molecule has 1 aromatic carbocycles. The van der Waals surface area contributed by atoms with E-state index in [2.05, 4.69) is 0 Å². The lowest BCUT2D eigenvalue weighted by atomic mass is 9.80. The van der Waals surface area contributed by atoms with Crippen molar-refractivity contribution in [1.29, 1.82) is 0 Å². The van der Waals surface area contributed by atoms with Crippen molar-refractivity contribution in [3.05, 3.63) is 59.7 Å². The molecular formula is C38H55NO9. The minimum absolute atomic E-state index is 0.0925. The molecule has 0 saturated carbocycles. The summed E-state index contributed by atoms with van der Waals surface area (Å²) in [6, 6.07) is 8.52. The van der Waals surface area contributed by atoms with Gasteiger partial charge in [-0.25, -0.2) is 4.79 Å². The van der Waals surface area contributed by atoms with Crippen molar-refractivity contribution in [2.75, 3.05) is 20.7 Å². The molecule has 10 nitrogen and oxygen atoms in total. The van der Waals surface area contributed by atoms with Crippen LogP contribution in [0.1, 0.15) is 83.5 Å². The Labute approximate surface area is 285 Å². The van der Waals surface area contributed by atoms with Crippen LogP contribution >= 0.6 is 0 Å². The SMILES string of the molecule is CC[C@H]1OC(=O)CC[C@H](C)[C@@H](O[C@@H]2O[C@H](C)C[C@H](N(C)C)[C@H]2OC(=O)c2ccccc2)[C@@H](CC=O)C[C@@H](C)C(=O)/C=C/C(C)=C/[C@@H]1CO. The molecule has 1 fully saturated rings. The van der Waals surface area contributed by atoms with Crippen molar-refractivity contribution in [2.45, 2.75) is 110 Å². The molecule has 10 atom stereocenters. The van der Waals surface area contributed by atoms with Crippen LogP contribution in [0.3, 0.4) is 0 Å². The van der Waals surface area contributed by atoms with Crippen molar-refractivity contribution in [3.8, 4) is 0 Å². The monoisotopic (exact) mass is 669 g/mol. The molecule has 0 spiro atoms. The summed E-state index contributed by atoms with van der Waals surface area (Å²) in [6.45, 7) is 9.25. The molecule has 2 heterocycles. The van der Waals surface area contributed by atoms with E-state index in [1.54, 1.807) is 30.3 Å². The Hall–Kier alpha value is -3.18. The highest BCUT2D eigenvalue weighted by Gasteiger charge is 2.45. The molecule has 0 bridgehead atoms. The van der Waals surface area contributed by atoms with Crippen LogP contribution < -0.4 is 0 Å². The van der Waals surface area contributed by atoms with Crippen LogP contribution in [0, 0.1) is 23.7 Å². The van der Waals surface area contributed by atoms with Gasteiger partial charge >= 0.3 is 11.9 Å². The predicted molar refractivity (Wildman–Crippen MR) is 182 cm³/mol. The lowest BCUT2D eigenvalue weighted by molar-refractivity contribution is -0.279. The molecule has 10 heteroatoms. The summed E-state index contributed by atoms with van der Waals surface area (Å²) in [7, 11) is 3.84. The van der Waals surface area contributed by atoms with E-state index < -0.39 is 48.3 Å². The smallest absolute Gasteiger partial charge is 0.338 e. The van der Waals surface area contributed by atoms with Crippen molar-refractivity contribution >= 4 is 24.0 Å². The second-order valence-corrected chi connectivity index (χ2v) is 13.7. The highest BCUT2D eigenvalue weighted by molar-refractivity contribution is 5.92. The molecule has 2 aliphatic rings. The minimum atomic E-state index is -0.971. The number of aliphatic hydroxyl groups excluding tert-OH is 1.